The molecule has 2 N–H and O–H groups in total. The lowest BCUT2D eigenvalue weighted by Gasteiger charge is -2.16. The minimum atomic E-state index is -4.00. The monoisotopic (exact) mass is 473 g/mol. The van der Waals surface area contributed by atoms with Gasteiger partial charge in [-0.2, -0.15) is 13.0 Å². The molecule has 2 aromatic rings. The van der Waals surface area contributed by atoms with E-state index in [-0.39, 0.29) is 17.7 Å². The normalized spacial score (nSPS) is 15.2. The Kier molecular flexibility index (Phi) is 7.06. The summed E-state index contributed by atoms with van der Waals surface area (Å²) in [6.07, 6.45) is 4.19. The number of fused-ring (bicyclic) bond motifs is 1. The molecule has 2 aromatic carbocycles. The largest absolute Gasteiger partial charge is 0.478 e. The lowest BCUT2D eigenvalue weighted by atomic mass is 9.80. The van der Waals surface area contributed by atoms with Crippen molar-refractivity contribution in [2.45, 2.75) is 25.7 Å². The van der Waals surface area contributed by atoms with Crippen molar-refractivity contribution in [3.8, 4) is 0 Å². The van der Waals surface area contributed by atoms with Crippen LogP contribution >= 0.6 is 0 Å². The van der Waals surface area contributed by atoms with Gasteiger partial charge in [0.1, 0.15) is 6.54 Å². The topological polar surface area (TPSA) is 107 Å². The molecule has 0 saturated carbocycles. The number of carboxylic acid groups (broad SMARTS) is 1. The molecule has 33 heavy (non-hydrogen) atoms. The first-order chi connectivity index (χ1) is 15.5. The van der Waals surface area contributed by atoms with E-state index in [9.17, 15) is 18.3 Å². The number of hydrogen-bond donors (Lipinski definition) is 2. The number of nitrogens with zero attached hydrogens (tertiary/aromatic N) is 2. The SMILES string of the molecule is CN(C)c1ccc(/C=C/C2=[N+](CCCS(=O)(=O)OO)c3ccc(C(=O)O)cc3C2(C)C)cc1. The van der Waals surface area contributed by atoms with Crippen molar-refractivity contribution in [1.29, 1.82) is 0 Å². The first-order valence-electron chi connectivity index (χ1n) is 10.5. The highest BCUT2D eigenvalue weighted by molar-refractivity contribution is 7.86. The predicted octanol–water partition coefficient (Wildman–Crippen LogP) is 3.75. The van der Waals surface area contributed by atoms with Crippen LogP contribution < -0.4 is 4.90 Å². The molecule has 0 aromatic heterocycles. The number of aromatic carboxylic acids is 1. The summed E-state index contributed by atoms with van der Waals surface area (Å²) in [5.74, 6) is -1.34. The van der Waals surface area contributed by atoms with E-state index in [2.05, 4.69) is 4.33 Å². The molecule has 176 valence electrons. The number of carbonyl (C=O) groups is 1. The minimum Gasteiger partial charge on any atom is -0.478 e. The summed E-state index contributed by atoms with van der Waals surface area (Å²) < 4.78 is 28.7. The highest BCUT2D eigenvalue weighted by Crippen LogP contribution is 2.41. The van der Waals surface area contributed by atoms with E-state index in [1.165, 1.54) is 0 Å². The number of benzene rings is 2. The molecular weight excluding hydrogens is 444 g/mol. The Labute approximate surface area is 194 Å². The van der Waals surface area contributed by atoms with E-state index in [1.54, 1.807) is 18.2 Å². The molecule has 3 rings (SSSR count). The van der Waals surface area contributed by atoms with Gasteiger partial charge in [-0.1, -0.05) is 12.1 Å². The van der Waals surface area contributed by atoms with Gasteiger partial charge in [0.25, 0.3) is 10.1 Å². The smallest absolute Gasteiger partial charge is 0.335 e. The van der Waals surface area contributed by atoms with Gasteiger partial charge in [-0.25, -0.2) is 10.1 Å². The van der Waals surface area contributed by atoms with E-state index >= 15 is 0 Å². The molecule has 1 heterocycles. The van der Waals surface area contributed by atoms with Crippen molar-refractivity contribution < 1.29 is 32.5 Å². The summed E-state index contributed by atoms with van der Waals surface area (Å²) in [6, 6.07) is 13.0. The molecule has 1 aliphatic heterocycles. The van der Waals surface area contributed by atoms with Gasteiger partial charge in [0.05, 0.1) is 16.7 Å². The molecule has 0 saturated heterocycles. The Hall–Kier alpha value is -3.01. The lowest BCUT2D eigenvalue weighted by Crippen LogP contribution is -2.28. The van der Waals surface area contributed by atoms with Crippen LogP contribution in [0.4, 0.5) is 11.4 Å². The van der Waals surface area contributed by atoms with E-state index in [4.69, 9.17) is 5.26 Å². The lowest BCUT2D eigenvalue weighted by molar-refractivity contribution is -0.437. The average Bonchev–Trinajstić information content (AvgIpc) is 2.98. The molecule has 0 fully saturated rings. The fourth-order valence-corrected chi connectivity index (χ4v) is 4.60. The Bertz CT molecular complexity index is 1210. The molecule has 0 bridgehead atoms. The van der Waals surface area contributed by atoms with Crippen LogP contribution in [0.15, 0.2) is 48.5 Å². The summed E-state index contributed by atoms with van der Waals surface area (Å²) in [5.41, 5.74) is 4.38. The van der Waals surface area contributed by atoms with Gasteiger partial charge < -0.3 is 10.0 Å². The number of hydrogen-bond acceptors (Lipinski definition) is 6. The number of rotatable bonds is 9. The van der Waals surface area contributed by atoms with Crippen LogP contribution in [-0.4, -0.2) is 61.4 Å². The fourth-order valence-electron chi connectivity index (χ4n) is 4.04. The second kappa shape index (κ2) is 9.46. The number of anilines is 1. The van der Waals surface area contributed by atoms with Gasteiger partial charge in [-0.05, 0) is 49.8 Å². The summed E-state index contributed by atoms with van der Waals surface area (Å²) in [7, 11) is -0.0464. The maximum atomic E-state index is 11.6. The van der Waals surface area contributed by atoms with Gasteiger partial charge in [0, 0.05) is 43.9 Å². The standard InChI is InChI=1S/C24H28N2O6S/c1-24(2)20-16-18(23(27)28)9-12-21(20)26(14-5-15-33(30,31)32-29)22(24)13-8-17-6-10-19(11-7-17)25(3)4/h6-13,16H,5,14-15H2,1-4H3,(H-,27,28,29)/p+1. The van der Waals surface area contributed by atoms with Crippen molar-refractivity contribution in [3.63, 3.8) is 0 Å². The molecule has 8 nitrogen and oxygen atoms in total. The quantitative estimate of drug-likeness (QED) is 0.324. The zero-order valence-corrected chi connectivity index (χ0v) is 20.0. The average molecular weight is 474 g/mol. The molecule has 0 amide bonds. The van der Waals surface area contributed by atoms with E-state index < -0.39 is 21.5 Å². The van der Waals surface area contributed by atoms with Crippen molar-refractivity contribution in [1.82, 2.24) is 0 Å². The van der Waals surface area contributed by atoms with Crippen LogP contribution in [0.1, 0.15) is 41.8 Å². The second-order valence-electron chi connectivity index (χ2n) is 8.71. The number of allylic oxidation sites excluding steroid dienone is 1. The maximum Gasteiger partial charge on any atom is 0.335 e. The molecule has 9 heteroatoms. The van der Waals surface area contributed by atoms with Crippen molar-refractivity contribution >= 4 is 39.2 Å². The van der Waals surface area contributed by atoms with Gasteiger partial charge in [0.2, 0.25) is 5.69 Å². The highest BCUT2D eigenvalue weighted by atomic mass is 32.2. The molecule has 0 unspecified atom stereocenters. The second-order valence-corrected chi connectivity index (χ2v) is 10.4. The highest BCUT2D eigenvalue weighted by Gasteiger charge is 2.44. The minimum absolute atomic E-state index is 0.197. The van der Waals surface area contributed by atoms with Crippen LogP contribution in [0.5, 0.6) is 0 Å². The Balaban J connectivity index is 2.01. The third kappa shape index (κ3) is 5.32. The zero-order valence-electron chi connectivity index (χ0n) is 19.1. The van der Waals surface area contributed by atoms with Crippen LogP contribution in [-0.2, 0) is 19.9 Å². The van der Waals surface area contributed by atoms with E-state index in [0.29, 0.717) is 6.54 Å². The summed E-state index contributed by atoms with van der Waals surface area (Å²) in [4.78, 5) is 13.6. The molecule has 0 radical (unpaired) electrons. The first kappa shape index (κ1) is 24.6. The van der Waals surface area contributed by atoms with Crippen molar-refractivity contribution in [3.05, 3.63) is 65.2 Å². The predicted molar refractivity (Wildman–Crippen MR) is 128 cm³/mol. The molecule has 0 spiro atoms. The van der Waals surface area contributed by atoms with Crippen LogP contribution in [0, 0.1) is 0 Å². The summed E-state index contributed by atoms with van der Waals surface area (Å²) in [6.45, 7) is 4.38. The van der Waals surface area contributed by atoms with Crippen molar-refractivity contribution in [2.75, 3.05) is 31.3 Å². The molecule has 0 aliphatic carbocycles. The van der Waals surface area contributed by atoms with Crippen LogP contribution in [0.2, 0.25) is 0 Å². The summed E-state index contributed by atoms with van der Waals surface area (Å²) >= 11 is 0. The van der Waals surface area contributed by atoms with Gasteiger partial charge >= 0.3 is 5.97 Å². The van der Waals surface area contributed by atoms with E-state index in [0.717, 1.165) is 28.2 Å². The molecule has 0 atom stereocenters. The van der Waals surface area contributed by atoms with Crippen LogP contribution in [0.25, 0.3) is 6.08 Å². The Morgan fingerprint density at radius 1 is 1.12 bits per heavy atom. The molecular formula is C24H29N2O6S+. The van der Waals surface area contributed by atoms with Crippen LogP contribution in [0.3, 0.4) is 0 Å². The Morgan fingerprint density at radius 3 is 2.36 bits per heavy atom. The first-order valence-corrected chi connectivity index (χ1v) is 12.1. The van der Waals surface area contributed by atoms with E-state index in [1.807, 2.05) is 73.8 Å². The third-order valence-electron chi connectivity index (χ3n) is 5.87. The third-order valence-corrected chi connectivity index (χ3v) is 6.89. The zero-order chi connectivity index (χ0) is 24.4. The van der Waals surface area contributed by atoms with Gasteiger partial charge in [0.15, 0.2) is 5.71 Å². The van der Waals surface area contributed by atoms with Gasteiger partial charge in [-0.15, -0.1) is 4.33 Å². The Morgan fingerprint density at radius 2 is 1.79 bits per heavy atom. The van der Waals surface area contributed by atoms with Gasteiger partial charge in [-0.3, -0.25) is 0 Å². The molecule has 1 aliphatic rings. The maximum absolute atomic E-state index is 11.6. The van der Waals surface area contributed by atoms with Crippen molar-refractivity contribution in [2.24, 2.45) is 0 Å². The summed E-state index contributed by atoms with van der Waals surface area (Å²) in [5, 5.41) is 18.0. The number of carboxylic acids is 1. The fraction of sp³-hybridized carbons (Fsp3) is 0.333.